The lowest BCUT2D eigenvalue weighted by Crippen LogP contribution is -2.41. The van der Waals surface area contributed by atoms with E-state index >= 15 is 0 Å². The average molecular weight is 353 g/mol. The second-order valence-corrected chi connectivity index (χ2v) is 6.50. The maximum absolute atomic E-state index is 12.3. The van der Waals surface area contributed by atoms with Crippen molar-refractivity contribution in [2.75, 3.05) is 0 Å². The number of nitrogens with one attached hydrogen (secondary N) is 1. The van der Waals surface area contributed by atoms with Crippen LogP contribution < -0.4 is 10.1 Å². The Morgan fingerprint density at radius 3 is 2.27 bits per heavy atom. The van der Waals surface area contributed by atoms with Gasteiger partial charge in [-0.15, -0.1) is 0 Å². The van der Waals surface area contributed by atoms with Crippen LogP contribution >= 0.6 is 0 Å². The molecular weight excluding hydrogens is 326 g/mol. The van der Waals surface area contributed by atoms with Gasteiger partial charge in [0, 0.05) is 18.0 Å². The zero-order valence-corrected chi connectivity index (χ0v) is 15.7. The number of hydrogen-bond donors (Lipinski definition) is 1. The van der Waals surface area contributed by atoms with Crippen LogP contribution in [0, 0.1) is 0 Å². The van der Waals surface area contributed by atoms with E-state index in [1.165, 1.54) is 5.56 Å². The van der Waals surface area contributed by atoms with Crippen LogP contribution in [0.15, 0.2) is 54.6 Å². The Hall–Kier alpha value is -2.62. The molecule has 0 radical (unpaired) electrons. The average Bonchev–Trinajstić information content (AvgIpc) is 2.67. The van der Waals surface area contributed by atoms with E-state index in [0.29, 0.717) is 17.7 Å². The molecule has 26 heavy (non-hydrogen) atoms. The van der Waals surface area contributed by atoms with Crippen molar-refractivity contribution in [3.63, 3.8) is 0 Å². The van der Waals surface area contributed by atoms with Gasteiger partial charge in [0.25, 0.3) is 5.91 Å². The molecule has 0 saturated carbocycles. The molecule has 0 bridgehead atoms. The van der Waals surface area contributed by atoms with E-state index in [2.05, 4.69) is 17.4 Å². The summed E-state index contributed by atoms with van der Waals surface area (Å²) < 4.78 is 5.68. The Kier molecular flexibility index (Phi) is 7.39. The van der Waals surface area contributed by atoms with Gasteiger partial charge >= 0.3 is 0 Å². The number of amides is 1. The molecule has 0 aromatic heterocycles. The summed E-state index contributed by atoms with van der Waals surface area (Å²) in [6, 6.07) is 17.2. The van der Waals surface area contributed by atoms with Gasteiger partial charge in [-0.25, -0.2) is 0 Å². The Morgan fingerprint density at radius 2 is 1.65 bits per heavy atom. The van der Waals surface area contributed by atoms with Gasteiger partial charge in [0.2, 0.25) is 0 Å². The second kappa shape index (κ2) is 9.76. The summed E-state index contributed by atoms with van der Waals surface area (Å²) in [5.41, 5.74) is 1.92. The molecule has 138 valence electrons. The fraction of sp³-hybridized carbons (Fsp3) is 0.364. The Bertz CT molecular complexity index is 710. The minimum absolute atomic E-state index is 0.0679. The fourth-order valence-corrected chi connectivity index (χ4v) is 2.64. The summed E-state index contributed by atoms with van der Waals surface area (Å²) in [5.74, 6) is 0.533. The third-order valence-electron chi connectivity index (χ3n) is 4.28. The molecule has 4 heteroatoms. The van der Waals surface area contributed by atoms with E-state index in [0.717, 1.165) is 12.8 Å². The molecule has 2 aromatic rings. The van der Waals surface area contributed by atoms with E-state index in [-0.39, 0.29) is 17.7 Å². The maximum Gasteiger partial charge on any atom is 0.260 e. The Morgan fingerprint density at radius 1 is 1.00 bits per heavy atom. The standard InChI is InChI=1S/C22H27NO3/c1-4-21(24)19-12-14-20(15-13-19)26-17(3)22(25)23-16(2)10-11-18-8-6-5-7-9-18/h5-9,12-17H,4,10-11H2,1-3H3,(H,23,25)/t16-,17+/m0/s1. The molecule has 0 spiro atoms. The number of ether oxygens (including phenoxy) is 1. The first-order valence-corrected chi connectivity index (χ1v) is 9.13. The first-order valence-electron chi connectivity index (χ1n) is 9.13. The van der Waals surface area contributed by atoms with Crippen molar-refractivity contribution >= 4 is 11.7 Å². The number of hydrogen-bond acceptors (Lipinski definition) is 3. The molecule has 0 aliphatic carbocycles. The van der Waals surface area contributed by atoms with E-state index in [9.17, 15) is 9.59 Å². The molecule has 1 amide bonds. The highest BCUT2D eigenvalue weighted by Gasteiger charge is 2.17. The molecule has 0 aliphatic heterocycles. The van der Waals surface area contributed by atoms with E-state index in [4.69, 9.17) is 4.74 Å². The monoisotopic (exact) mass is 353 g/mol. The van der Waals surface area contributed by atoms with Gasteiger partial charge in [-0.2, -0.15) is 0 Å². The minimum Gasteiger partial charge on any atom is -0.481 e. The normalized spacial score (nSPS) is 12.9. The van der Waals surface area contributed by atoms with Gasteiger partial charge in [0.1, 0.15) is 5.75 Å². The molecule has 2 rings (SSSR count). The van der Waals surface area contributed by atoms with Crippen LogP contribution in [0.5, 0.6) is 5.75 Å². The maximum atomic E-state index is 12.3. The topological polar surface area (TPSA) is 55.4 Å². The van der Waals surface area contributed by atoms with E-state index in [1.54, 1.807) is 31.2 Å². The smallest absolute Gasteiger partial charge is 0.260 e. The number of Topliss-reactive ketones (excluding diaryl/α,β-unsaturated/α-hetero) is 1. The van der Waals surface area contributed by atoms with Gasteiger partial charge in [-0.05, 0) is 56.5 Å². The van der Waals surface area contributed by atoms with Gasteiger partial charge in [-0.1, -0.05) is 37.3 Å². The summed E-state index contributed by atoms with van der Waals surface area (Å²) in [5, 5.41) is 2.99. The predicted molar refractivity (Wildman–Crippen MR) is 104 cm³/mol. The molecule has 0 heterocycles. The summed E-state index contributed by atoms with van der Waals surface area (Å²) >= 11 is 0. The van der Waals surface area contributed by atoms with Crippen molar-refractivity contribution in [2.24, 2.45) is 0 Å². The molecule has 2 aromatic carbocycles. The van der Waals surface area contributed by atoms with Crippen LogP contribution in [-0.4, -0.2) is 23.8 Å². The van der Waals surface area contributed by atoms with Gasteiger partial charge in [-0.3, -0.25) is 9.59 Å². The van der Waals surface area contributed by atoms with Gasteiger partial charge < -0.3 is 10.1 Å². The number of aryl methyl sites for hydroxylation is 1. The van der Waals surface area contributed by atoms with Crippen LogP contribution in [0.1, 0.15) is 49.5 Å². The SMILES string of the molecule is CCC(=O)c1ccc(O[C@H](C)C(=O)N[C@@H](C)CCc2ccccc2)cc1. The Labute approximate surface area is 155 Å². The highest BCUT2D eigenvalue weighted by atomic mass is 16.5. The quantitative estimate of drug-likeness (QED) is 0.688. The molecule has 2 atom stereocenters. The molecule has 0 aliphatic rings. The first-order chi connectivity index (χ1) is 12.5. The summed E-state index contributed by atoms with van der Waals surface area (Å²) in [4.78, 5) is 23.9. The molecule has 0 saturated heterocycles. The third kappa shape index (κ3) is 6.03. The van der Waals surface area contributed by atoms with Crippen LogP contribution in [0.2, 0.25) is 0 Å². The van der Waals surface area contributed by atoms with Crippen LogP contribution in [0.4, 0.5) is 0 Å². The molecule has 0 fully saturated rings. The third-order valence-corrected chi connectivity index (χ3v) is 4.28. The van der Waals surface area contributed by atoms with Gasteiger partial charge in [0.05, 0.1) is 0 Å². The summed E-state index contributed by atoms with van der Waals surface area (Å²) in [6.07, 6.45) is 1.67. The number of ketones is 1. The van der Waals surface area contributed by atoms with Crippen LogP contribution in [0.25, 0.3) is 0 Å². The largest absolute Gasteiger partial charge is 0.481 e. The highest BCUT2D eigenvalue weighted by Crippen LogP contribution is 2.15. The Balaban J connectivity index is 1.80. The van der Waals surface area contributed by atoms with Crippen molar-refractivity contribution in [1.82, 2.24) is 5.32 Å². The highest BCUT2D eigenvalue weighted by molar-refractivity contribution is 5.95. The number of carbonyl (C=O) groups excluding carboxylic acids is 2. The fourth-order valence-electron chi connectivity index (χ4n) is 2.64. The lowest BCUT2D eigenvalue weighted by molar-refractivity contribution is -0.127. The molecule has 1 N–H and O–H groups in total. The minimum atomic E-state index is -0.595. The number of rotatable bonds is 9. The number of carbonyl (C=O) groups is 2. The molecular formula is C22H27NO3. The van der Waals surface area contributed by atoms with Gasteiger partial charge in [0.15, 0.2) is 11.9 Å². The van der Waals surface area contributed by atoms with Crippen molar-refractivity contribution in [3.8, 4) is 5.75 Å². The lowest BCUT2D eigenvalue weighted by atomic mass is 10.1. The lowest BCUT2D eigenvalue weighted by Gasteiger charge is -2.19. The summed E-state index contributed by atoms with van der Waals surface area (Å²) in [7, 11) is 0. The first kappa shape index (κ1) is 19.7. The molecule has 4 nitrogen and oxygen atoms in total. The molecule has 0 unspecified atom stereocenters. The second-order valence-electron chi connectivity index (χ2n) is 6.50. The van der Waals surface area contributed by atoms with Crippen molar-refractivity contribution in [2.45, 2.75) is 52.2 Å². The van der Waals surface area contributed by atoms with Crippen LogP contribution in [-0.2, 0) is 11.2 Å². The zero-order valence-electron chi connectivity index (χ0n) is 15.7. The van der Waals surface area contributed by atoms with Crippen molar-refractivity contribution < 1.29 is 14.3 Å². The van der Waals surface area contributed by atoms with Crippen molar-refractivity contribution in [1.29, 1.82) is 0 Å². The zero-order chi connectivity index (χ0) is 18.9. The van der Waals surface area contributed by atoms with Crippen molar-refractivity contribution in [3.05, 3.63) is 65.7 Å². The van der Waals surface area contributed by atoms with E-state index < -0.39 is 6.10 Å². The summed E-state index contributed by atoms with van der Waals surface area (Å²) in [6.45, 7) is 5.56. The number of benzene rings is 2. The predicted octanol–water partition coefficient (Wildman–Crippen LogP) is 4.18. The van der Waals surface area contributed by atoms with Crippen LogP contribution in [0.3, 0.4) is 0 Å². The van der Waals surface area contributed by atoms with E-state index in [1.807, 2.05) is 32.0 Å².